The van der Waals surface area contributed by atoms with E-state index in [1.165, 1.54) is 12.8 Å². The maximum Gasteiger partial charge on any atom is 0.225 e. The number of piperidine rings is 1. The van der Waals surface area contributed by atoms with E-state index < -0.39 is 0 Å². The molecule has 3 nitrogen and oxygen atoms in total. The van der Waals surface area contributed by atoms with Gasteiger partial charge in [-0.3, -0.25) is 4.79 Å². The standard InChI is InChI=1S/C12H22N2O/c1-2-13-11-7-4-8-14(9-11)12(15)10-5-3-6-10/h10-11,13H,2-9H2,1H3/t11-/m1/s1. The molecule has 0 spiro atoms. The molecule has 1 N–H and O–H groups in total. The predicted molar refractivity (Wildman–Crippen MR) is 60.6 cm³/mol. The highest BCUT2D eigenvalue weighted by Gasteiger charge is 2.31. The minimum atomic E-state index is 0.366. The largest absolute Gasteiger partial charge is 0.341 e. The van der Waals surface area contributed by atoms with Gasteiger partial charge in [-0.05, 0) is 32.2 Å². The number of hydrogen-bond acceptors (Lipinski definition) is 2. The lowest BCUT2D eigenvalue weighted by Crippen LogP contribution is -2.50. The summed E-state index contributed by atoms with van der Waals surface area (Å²) in [6, 6.07) is 0.535. The summed E-state index contributed by atoms with van der Waals surface area (Å²) in [5.41, 5.74) is 0. The Bertz CT molecular complexity index is 224. The lowest BCUT2D eigenvalue weighted by Gasteiger charge is -2.37. The number of carbonyl (C=O) groups excluding carboxylic acids is 1. The molecule has 1 saturated heterocycles. The van der Waals surface area contributed by atoms with Crippen molar-refractivity contribution in [3.63, 3.8) is 0 Å². The van der Waals surface area contributed by atoms with Crippen LogP contribution in [0.3, 0.4) is 0 Å². The first kappa shape index (κ1) is 10.9. The maximum absolute atomic E-state index is 12.0. The van der Waals surface area contributed by atoms with Crippen LogP contribution in [0.15, 0.2) is 0 Å². The number of nitrogens with one attached hydrogen (secondary N) is 1. The number of likely N-dealkylation sites (tertiary alicyclic amines) is 1. The zero-order valence-electron chi connectivity index (χ0n) is 9.67. The molecule has 1 heterocycles. The Morgan fingerprint density at radius 1 is 1.33 bits per heavy atom. The van der Waals surface area contributed by atoms with Gasteiger partial charge < -0.3 is 10.2 Å². The summed E-state index contributed by atoms with van der Waals surface area (Å²) in [7, 11) is 0. The highest BCUT2D eigenvalue weighted by molar-refractivity contribution is 5.79. The van der Waals surface area contributed by atoms with Gasteiger partial charge in [0.15, 0.2) is 0 Å². The smallest absolute Gasteiger partial charge is 0.225 e. The van der Waals surface area contributed by atoms with Crippen LogP contribution in [-0.2, 0) is 4.79 Å². The molecule has 15 heavy (non-hydrogen) atoms. The van der Waals surface area contributed by atoms with Gasteiger partial charge >= 0.3 is 0 Å². The van der Waals surface area contributed by atoms with E-state index in [-0.39, 0.29) is 0 Å². The van der Waals surface area contributed by atoms with Crippen molar-refractivity contribution in [2.24, 2.45) is 5.92 Å². The number of amides is 1. The van der Waals surface area contributed by atoms with Crippen molar-refractivity contribution < 1.29 is 4.79 Å². The molecule has 0 unspecified atom stereocenters. The van der Waals surface area contributed by atoms with Crippen LogP contribution < -0.4 is 5.32 Å². The number of carbonyl (C=O) groups is 1. The van der Waals surface area contributed by atoms with Crippen LogP contribution in [0.4, 0.5) is 0 Å². The molecule has 2 aliphatic rings. The lowest BCUT2D eigenvalue weighted by molar-refractivity contribution is -0.139. The fourth-order valence-corrected chi connectivity index (χ4v) is 2.55. The van der Waals surface area contributed by atoms with Gasteiger partial charge in [0.1, 0.15) is 0 Å². The van der Waals surface area contributed by atoms with Crippen molar-refractivity contribution in [2.45, 2.75) is 45.1 Å². The molecule has 0 aromatic heterocycles. The minimum Gasteiger partial charge on any atom is -0.341 e. The Morgan fingerprint density at radius 3 is 2.73 bits per heavy atom. The van der Waals surface area contributed by atoms with E-state index in [0.717, 1.165) is 38.9 Å². The Kier molecular flexibility index (Phi) is 3.62. The van der Waals surface area contributed by atoms with E-state index in [4.69, 9.17) is 0 Å². The molecule has 1 aliphatic carbocycles. The molecule has 3 heteroatoms. The van der Waals surface area contributed by atoms with E-state index in [0.29, 0.717) is 17.9 Å². The normalized spacial score (nSPS) is 27.5. The van der Waals surface area contributed by atoms with Crippen molar-refractivity contribution in [1.29, 1.82) is 0 Å². The fourth-order valence-electron chi connectivity index (χ4n) is 2.55. The summed E-state index contributed by atoms with van der Waals surface area (Å²) < 4.78 is 0. The molecule has 2 fully saturated rings. The zero-order chi connectivity index (χ0) is 10.7. The van der Waals surface area contributed by atoms with Gasteiger partial charge in [-0.2, -0.15) is 0 Å². The number of nitrogens with zero attached hydrogens (tertiary/aromatic N) is 1. The predicted octanol–water partition coefficient (Wildman–Crippen LogP) is 1.39. The average molecular weight is 210 g/mol. The molecule has 86 valence electrons. The van der Waals surface area contributed by atoms with E-state index in [1.807, 2.05) is 0 Å². The van der Waals surface area contributed by atoms with E-state index in [2.05, 4.69) is 17.1 Å². The topological polar surface area (TPSA) is 32.3 Å². The molecule has 1 aliphatic heterocycles. The van der Waals surface area contributed by atoms with Gasteiger partial charge in [-0.15, -0.1) is 0 Å². The molecule has 1 amide bonds. The highest BCUT2D eigenvalue weighted by atomic mass is 16.2. The van der Waals surface area contributed by atoms with Gasteiger partial charge in [-0.25, -0.2) is 0 Å². The quantitative estimate of drug-likeness (QED) is 0.763. The van der Waals surface area contributed by atoms with Gasteiger partial charge in [0.2, 0.25) is 5.91 Å². The first-order valence-corrected chi connectivity index (χ1v) is 6.33. The second kappa shape index (κ2) is 4.97. The molecular weight excluding hydrogens is 188 g/mol. The maximum atomic E-state index is 12.0. The second-order valence-electron chi connectivity index (χ2n) is 4.81. The Hall–Kier alpha value is -0.570. The van der Waals surface area contributed by atoms with Crippen LogP contribution >= 0.6 is 0 Å². The monoisotopic (exact) mass is 210 g/mol. The minimum absolute atomic E-state index is 0.366. The third-order valence-corrected chi connectivity index (χ3v) is 3.68. The van der Waals surface area contributed by atoms with Crippen LogP contribution in [0, 0.1) is 5.92 Å². The fraction of sp³-hybridized carbons (Fsp3) is 0.917. The molecule has 0 radical (unpaired) electrons. The van der Waals surface area contributed by atoms with Crippen molar-refractivity contribution >= 4 is 5.91 Å². The van der Waals surface area contributed by atoms with E-state index >= 15 is 0 Å². The summed E-state index contributed by atoms with van der Waals surface area (Å²) in [6.07, 6.45) is 5.89. The third kappa shape index (κ3) is 2.51. The molecule has 0 bridgehead atoms. The van der Waals surface area contributed by atoms with Crippen molar-refractivity contribution in [3.8, 4) is 0 Å². The summed E-state index contributed by atoms with van der Waals surface area (Å²) in [5.74, 6) is 0.786. The van der Waals surface area contributed by atoms with Gasteiger partial charge in [0, 0.05) is 25.0 Å². The van der Waals surface area contributed by atoms with Gasteiger partial charge in [0.05, 0.1) is 0 Å². The van der Waals surface area contributed by atoms with Crippen molar-refractivity contribution in [1.82, 2.24) is 10.2 Å². The lowest BCUT2D eigenvalue weighted by atomic mass is 9.84. The number of hydrogen-bond donors (Lipinski definition) is 1. The molecule has 2 rings (SSSR count). The zero-order valence-corrected chi connectivity index (χ0v) is 9.67. The summed E-state index contributed by atoms with van der Waals surface area (Å²) in [6.45, 7) is 5.06. The van der Waals surface area contributed by atoms with Crippen LogP contribution in [0.1, 0.15) is 39.0 Å². The highest BCUT2D eigenvalue weighted by Crippen LogP contribution is 2.29. The van der Waals surface area contributed by atoms with Crippen LogP contribution in [0.25, 0.3) is 0 Å². The van der Waals surface area contributed by atoms with E-state index in [9.17, 15) is 4.79 Å². The number of likely N-dealkylation sites (N-methyl/N-ethyl adjacent to an activating group) is 1. The van der Waals surface area contributed by atoms with Crippen molar-refractivity contribution in [3.05, 3.63) is 0 Å². The summed E-state index contributed by atoms with van der Waals surface area (Å²) >= 11 is 0. The van der Waals surface area contributed by atoms with Crippen molar-refractivity contribution in [2.75, 3.05) is 19.6 Å². The molecule has 0 aromatic carbocycles. The molecule has 1 saturated carbocycles. The first-order valence-electron chi connectivity index (χ1n) is 6.33. The Balaban J connectivity index is 1.83. The molecule has 1 atom stereocenters. The van der Waals surface area contributed by atoms with Gasteiger partial charge in [-0.1, -0.05) is 13.3 Å². The summed E-state index contributed by atoms with van der Waals surface area (Å²) in [5, 5.41) is 3.45. The SMILES string of the molecule is CCN[C@@H]1CCCN(C(=O)C2CCC2)C1. The summed E-state index contributed by atoms with van der Waals surface area (Å²) in [4.78, 5) is 14.1. The average Bonchev–Trinajstić information content (AvgIpc) is 2.16. The van der Waals surface area contributed by atoms with Gasteiger partial charge in [0.25, 0.3) is 0 Å². The van der Waals surface area contributed by atoms with E-state index in [1.54, 1.807) is 0 Å². The van der Waals surface area contributed by atoms with Crippen LogP contribution in [-0.4, -0.2) is 36.5 Å². The Labute approximate surface area is 92.2 Å². The molecular formula is C12H22N2O. The van der Waals surface area contributed by atoms with Crippen LogP contribution in [0.2, 0.25) is 0 Å². The van der Waals surface area contributed by atoms with Crippen LogP contribution in [0.5, 0.6) is 0 Å². The Morgan fingerprint density at radius 2 is 2.13 bits per heavy atom. The number of rotatable bonds is 3. The second-order valence-corrected chi connectivity index (χ2v) is 4.81. The third-order valence-electron chi connectivity index (χ3n) is 3.68. The first-order chi connectivity index (χ1) is 7.31. The molecule has 0 aromatic rings.